The van der Waals surface area contributed by atoms with Gasteiger partial charge in [0.15, 0.2) is 0 Å². The van der Waals surface area contributed by atoms with Crippen LogP contribution in [0.4, 0.5) is 0 Å². The number of aryl methyl sites for hydroxylation is 2. The van der Waals surface area contributed by atoms with Crippen LogP contribution in [0.1, 0.15) is 37.8 Å². The predicted molar refractivity (Wildman–Crippen MR) is 92.3 cm³/mol. The summed E-state index contributed by atoms with van der Waals surface area (Å²) in [5.41, 5.74) is 8.03. The number of hydrogen-bond acceptors (Lipinski definition) is 2. The largest absolute Gasteiger partial charge is 0.393 e. The molecule has 1 aromatic rings. The van der Waals surface area contributed by atoms with Gasteiger partial charge in [0.25, 0.3) is 0 Å². The molecule has 0 spiro atoms. The van der Waals surface area contributed by atoms with Crippen molar-refractivity contribution in [3.05, 3.63) is 35.4 Å². The maximum atomic E-state index is 12.4. The Labute approximate surface area is 133 Å². The first kappa shape index (κ1) is 17.6. The zero-order valence-corrected chi connectivity index (χ0v) is 14.1. The Hall–Kier alpha value is -1.42. The molecule has 0 radical (unpaired) electrons. The summed E-state index contributed by atoms with van der Waals surface area (Å²) in [7, 11) is 0. The van der Waals surface area contributed by atoms with Crippen LogP contribution >= 0.6 is 12.2 Å². The van der Waals surface area contributed by atoms with Gasteiger partial charge in [-0.25, -0.2) is 0 Å². The zero-order valence-electron chi connectivity index (χ0n) is 13.3. The third kappa shape index (κ3) is 6.71. The maximum absolute atomic E-state index is 12.4. The van der Waals surface area contributed by atoms with Gasteiger partial charge in [0.05, 0.1) is 4.99 Å². The molecule has 4 heteroatoms. The van der Waals surface area contributed by atoms with Gasteiger partial charge in [-0.15, -0.1) is 0 Å². The molecule has 21 heavy (non-hydrogen) atoms. The molecular weight excluding hydrogens is 280 g/mol. The van der Waals surface area contributed by atoms with E-state index in [-0.39, 0.29) is 5.91 Å². The zero-order chi connectivity index (χ0) is 15.8. The Morgan fingerprint density at radius 1 is 1.29 bits per heavy atom. The lowest BCUT2D eigenvalue weighted by molar-refractivity contribution is -0.131. The van der Waals surface area contributed by atoms with E-state index in [9.17, 15) is 4.79 Å². The van der Waals surface area contributed by atoms with Crippen LogP contribution in [0.2, 0.25) is 0 Å². The van der Waals surface area contributed by atoms with Crippen LogP contribution in [0.15, 0.2) is 24.3 Å². The third-order valence-electron chi connectivity index (χ3n) is 3.44. The predicted octanol–water partition coefficient (Wildman–Crippen LogP) is 3.09. The molecule has 0 saturated heterocycles. The van der Waals surface area contributed by atoms with Crippen molar-refractivity contribution in [2.45, 2.75) is 40.0 Å². The molecule has 0 unspecified atom stereocenters. The van der Waals surface area contributed by atoms with Crippen LogP contribution in [0, 0.1) is 12.8 Å². The van der Waals surface area contributed by atoms with Gasteiger partial charge >= 0.3 is 0 Å². The second-order valence-electron chi connectivity index (χ2n) is 5.88. The molecule has 116 valence electrons. The van der Waals surface area contributed by atoms with Crippen LogP contribution in [0.5, 0.6) is 0 Å². The number of amides is 1. The standard InChI is InChI=1S/C17H26N2OS/c1-13(2)12-19(11-10-16(18)21)17(20)9-8-15-7-5-4-6-14(15)3/h4-7,13H,8-12H2,1-3H3,(H2,18,21). The maximum Gasteiger partial charge on any atom is 0.222 e. The van der Waals surface area contributed by atoms with Gasteiger partial charge in [-0.2, -0.15) is 0 Å². The van der Waals surface area contributed by atoms with Gasteiger partial charge < -0.3 is 10.6 Å². The van der Waals surface area contributed by atoms with Gasteiger partial charge in [-0.1, -0.05) is 50.3 Å². The monoisotopic (exact) mass is 306 g/mol. The fraction of sp³-hybridized carbons (Fsp3) is 0.529. The van der Waals surface area contributed by atoms with Crippen molar-refractivity contribution in [1.82, 2.24) is 4.90 Å². The SMILES string of the molecule is Cc1ccccc1CCC(=O)N(CCC(N)=S)CC(C)C. The van der Waals surface area contributed by atoms with E-state index in [2.05, 4.69) is 32.9 Å². The molecule has 1 aromatic carbocycles. The molecule has 0 fully saturated rings. The number of thiocarbonyl (C=S) groups is 1. The van der Waals surface area contributed by atoms with E-state index in [0.29, 0.717) is 30.3 Å². The van der Waals surface area contributed by atoms with E-state index in [1.54, 1.807) is 0 Å². The first-order valence-corrected chi connectivity index (χ1v) is 7.91. The highest BCUT2D eigenvalue weighted by Crippen LogP contribution is 2.11. The van der Waals surface area contributed by atoms with E-state index in [0.717, 1.165) is 13.0 Å². The lowest BCUT2D eigenvalue weighted by Gasteiger charge is -2.24. The summed E-state index contributed by atoms with van der Waals surface area (Å²) < 4.78 is 0. The minimum absolute atomic E-state index is 0.184. The van der Waals surface area contributed by atoms with Crippen LogP contribution in [0.3, 0.4) is 0 Å². The Morgan fingerprint density at radius 3 is 2.52 bits per heavy atom. The molecule has 1 rings (SSSR count). The summed E-state index contributed by atoms with van der Waals surface area (Å²) in [6.45, 7) is 7.69. The van der Waals surface area contributed by atoms with E-state index in [1.165, 1.54) is 11.1 Å². The second kappa shape index (κ2) is 8.78. The smallest absolute Gasteiger partial charge is 0.222 e. The van der Waals surface area contributed by atoms with Gasteiger partial charge in [-0.05, 0) is 30.4 Å². The Bertz CT molecular complexity index is 485. The lowest BCUT2D eigenvalue weighted by atomic mass is 10.0. The first-order chi connectivity index (χ1) is 9.90. The highest BCUT2D eigenvalue weighted by Gasteiger charge is 2.15. The van der Waals surface area contributed by atoms with Crippen LogP contribution in [-0.2, 0) is 11.2 Å². The molecular formula is C17H26N2OS. The fourth-order valence-corrected chi connectivity index (χ4v) is 2.39. The Balaban J connectivity index is 2.59. The van der Waals surface area contributed by atoms with Crippen LogP contribution in [0.25, 0.3) is 0 Å². The lowest BCUT2D eigenvalue weighted by Crippen LogP contribution is -2.36. The Morgan fingerprint density at radius 2 is 1.95 bits per heavy atom. The molecule has 2 N–H and O–H groups in total. The second-order valence-corrected chi connectivity index (χ2v) is 6.40. The van der Waals surface area contributed by atoms with Crippen molar-refractivity contribution in [3.8, 4) is 0 Å². The number of carbonyl (C=O) groups is 1. The van der Waals surface area contributed by atoms with Crippen molar-refractivity contribution < 1.29 is 4.79 Å². The molecule has 1 amide bonds. The first-order valence-electron chi connectivity index (χ1n) is 7.50. The van der Waals surface area contributed by atoms with E-state index in [4.69, 9.17) is 18.0 Å². The van der Waals surface area contributed by atoms with E-state index < -0.39 is 0 Å². The van der Waals surface area contributed by atoms with Crippen LogP contribution in [-0.4, -0.2) is 28.9 Å². The van der Waals surface area contributed by atoms with Crippen LogP contribution < -0.4 is 5.73 Å². The van der Waals surface area contributed by atoms with Crippen molar-refractivity contribution in [2.75, 3.05) is 13.1 Å². The third-order valence-corrected chi connectivity index (χ3v) is 3.64. The quantitative estimate of drug-likeness (QED) is 0.751. The van der Waals surface area contributed by atoms with Gasteiger partial charge in [-0.3, -0.25) is 4.79 Å². The van der Waals surface area contributed by atoms with Gasteiger partial charge in [0.2, 0.25) is 5.91 Å². The topological polar surface area (TPSA) is 46.3 Å². The highest BCUT2D eigenvalue weighted by atomic mass is 32.1. The summed E-state index contributed by atoms with van der Waals surface area (Å²) in [4.78, 5) is 14.8. The summed E-state index contributed by atoms with van der Waals surface area (Å²) >= 11 is 4.91. The van der Waals surface area contributed by atoms with E-state index >= 15 is 0 Å². The highest BCUT2D eigenvalue weighted by molar-refractivity contribution is 7.80. The number of rotatable bonds is 8. The molecule has 0 saturated carbocycles. The molecule has 0 aliphatic heterocycles. The van der Waals surface area contributed by atoms with Gasteiger partial charge in [0, 0.05) is 25.9 Å². The summed E-state index contributed by atoms with van der Waals surface area (Å²) in [5, 5.41) is 0. The minimum Gasteiger partial charge on any atom is -0.393 e. The Kier molecular flexibility index (Phi) is 7.37. The number of benzene rings is 1. The molecule has 0 aliphatic carbocycles. The van der Waals surface area contributed by atoms with Crippen molar-refractivity contribution >= 4 is 23.1 Å². The summed E-state index contributed by atoms with van der Waals surface area (Å²) in [6.07, 6.45) is 1.92. The summed E-state index contributed by atoms with van der Waals surface area (Å²) in [5.74, 6) is 0.627. The number of nitrogens with two attached hydrogens (primary N) is 1. The normalized spacial score (nSPS) is 10.7. The van der Waals surface area contributed by atoms with Crippen molar-refractivity contribution in [3.63, 3.8) is 0 Å². The molecule has 0 heterocycles. The fourth-order valence-electron chi connectivity index (χ4n) is 2.29. The molecule has 0 aliphatic rings. The van der Waals surface area contributed by atoms with Crippen molar-refractivity contribution in [2.24, 2.45) is 11.7 Å². The summed E-state index contributed by atoms with van der Waals surface area (Å²) in [6, 6.07) is 8.21. The molecule has 3 nitrogen and oxygen atoms in total. The molecule has 0 bridgehead atoms. The van der Waals surface area contributed by atoms with Crippen molar-refractivity contribution in [1.29, 1.82) is 0 Å². The molecule has 0 aromatic heterocycles. The van der Waals surface area contributed by atoms with E-state index in [1.807, 2.05) is 17.0 Å². The number of nitrogens with zero attached hydrogens (tertiary/aromatic N) is 1. The molecule has 0 atom stereocenters. The number of carbonyl (C=O) groups excluding carboxylic acids is 1. The van der Waals surface area contributed by atoms with Gasteiger partial charge in [0.1, 0.15) is 0 Å². The average molecular weight is 306 g/mol. The average Bonchev–Trinajstić information content (AvgIpc) is 2.41. The number of hydrogen-bond donors (Lipinski definition) is 1. The minimum atomic E-state index is 0.184.